The highest BCUT2D eigenvalue weighted by Gasteiger charge is 2.29. The summed E-state index contributed by atoms with van der Waals surface area (Å²) in [6, 6.07) is -0.0336. The number of ketones is 1. The number of methoxy groups -OCH3 is 1. The zero-order valence-electron chi connectivity index (χ0n) is 10.7. The van der Waals surface area contributed by atoms with Gasteiger partial charge in [-0.25, -0.2) is 4.79 Å². The van der Waals surface area contributed by atoms with E-state index in [4.69, 9.17) is 0 Å². The minimum atomic E-state index is -0.442. The molecule has 4 nitrogen and oxygen atoms in total. The number of amides is 1. The van der Waals surface area contributed by atoms with Crippen molar-refractivity contribution in [2.24, 2.45) is 5.92 Å². The zero-order chi connectivity index (χ0) is 12.6. The summed E-state index contributed by atoms with van der Waals surface area (Å²) in [4.78, 5) is 22.3. The maximum absolute atomic E-state index is 11.3. The van der Waals surface area contributed by atoms with Crippen molar-refractivity contribution in [3.8, 4) is 0 Å². The van der Waals surface area contributed by atoms with Crippen LogP contribution in [-0.2, 0) is 9.53 Å². The van der Waals surface area contributed by atoms with Gasteiger partial charge in [0.1, 0.15) is 5.78 Å². The van der Waals surface area contributed by atoms with Crippen molar-refractivity contribution in [3.05, 3.63) is 0 Å². The van der Waals surface area contributed by atoms with Gasteiger partial charge in [-0.3, -0.25) is 4.79 Å². The SMILES string of the molecule is CC.COC(=O)NC1CCCCC1C(C)=O. The molecular formula is C12H23NO3. The van der Waals surface area contributed by atoms with Crippen LogP contribution >= 0.6 is 0 Å². The maximum Gasteiger partial charge on any atom is 0.407 e. The van der Waals surface area contributed by atoms with E-state index in [0.29, 0.717) is 0 Å². The molecular weight excluding hydrogens is 206 g/mol. The normalized spacial score (nSPS) is 23.8. The molecule has 1 rings (SSSR count). The van der Waals surface area contributed by atoms with Gasteiger partial charge in [0.2, 0.25) is 0 Å². The molecule has 0 aromatic heterocycles. The fourth-order valence-corrected chi connectivity index (χ4v) is 2.00. The van der Waals surface area contributed by atoms with Crippen molar-refractivity contribution in [1.82, 2.24) is 5.32 Å². The summed E-state index contributed by atoms with van der Waals surface area (Å²) >= 11 is 0. The molecule has 94 valence electrons. The molecule has 1 N–H and O–H groups in total. The molecule has 1 fully saturated rings. The monoisotopic (exact) mass is 229 g/mol. The minimum Gasteiger partial charge on any atom is -0.453 e. The highest BCUT2D eigenvalue weighted by atomic mass is 16.5. The van der Waals surface area contributed by atoms with Crippen molar-refractivity contribution < 1.29 is 14.3 Å². The van der Waals surface area contributed by atoms with Gasteiger partial charge >= 0.3 is 6.09 Å². The molecule has 1 aliphatic carbocycles. The highest BCUT2D eigenvalue weighted by molar-refractivity contribution is 5.80. The minimum absolute atomic E-state index is 0.0251. The Hall–Kier alpha value is -1.06. The van der Waals surface area contributed by atoms with Crippen LogP contribution in [0.2, 0.25) is 0 Å². The van der Waals surface area contributed by atoms with Gasteiger partial charge in [0.25, 0.3) is 0 Å². The van der Waals surface area contributed by atoms with E-state index in [1.54, 1.807) is 6.92 Å². The summed E-state index contributed by atoms with van der Waals surface area (Å²) in [5, 5.41) is 2.72. The third kappa shape index (κ3) is 4.64. The summed E-state index contributed by atoms with van der Waals surface area (Å²) in [6.07, 6.45) is 3.45. The number of Topliss-reactive ketones (excluding diaryl/α,β-unsaturated/α-hetero) is 1. The first kappa shape index (κ1) is 14.9. The Morgan fingerprint density at radius 1 is 1.19 bits per heavy atom. The van der Waals surface area contributed by atoms with Crippen LogP contribution in [-0.4, -0.2) is 25.0 Å². The van der Waals surface area contributed by atoms with Gasteiger partial charge in [-0.15, -0.1) is 0 Å². The predicted octanol–water partition coefficient (Wildman–Crippen LogP) is 2.52. The van der Waals surface area contributed by atoms with E-state index in [9.17, 15) is 9.59 Å². The van der Waals surface area contributed by atoms with E-state index < -0.39 is 6.09 Å². The fraction of sp³-hybridized carbons (Fsp3) is 0.833. The van der Waals surface area contributed by atoms with Crippen LogP contribution in [0.1, 0.15) is 46.5 Å². The number of nitrogens with one attached hydrogen (secondary N) is 1. The van der Waals surface area contributed by atoms with Crippen molar-refractivity contribution in [2.75, 3.05) is 7.11 Å². The van der Waals surface area contributed by atoms with Crippen LogP contribution in [0, 0.1) is 5.92 Å². The summed E-state index contributed by atoms with van der Waals surface area (Å²) in [7, 11) is 1.33. The maximum atomic E-state index is 11.3. The number of alkyl carbamates (subject to hydrolysis) is 1. The lowest BCUT2D eigenvalue weighted by atomic mass is 9.82. The van der Waals surface area contributed by atoms with Gasteiger partial charge in [-0.1, -0.05) is 26.7 Å². The molecule has 0 spiro atoms. The molecule has 1 aliphatic rings. The number of hydrogen-bond donors (Lipinski definition) is 1. The molecule has 2 atom stereocenters. The van der Waals surface area contributed by atoms with Crippen LogP contribution in [0.25, 0.3) is 0 Å². The standard InChI is InChI=1S/C10H17NO3.C2H6/c1-7(12)8-5-3-4-6-9(8)11-10(13)14-2;1-2/h8-9H,3-6H2,1-2H3,(H,11,13);1-2H3. The van der Waals surface area contributed by atoms with Crippen molar-refractivity contribution in [3.63, 3.8) is 0 Å². The summed E-state index contributed by atoms with van der Waals surface area (Å²) in [5.41, 5.74) is 0. The zero-order valence-corrected chi connectivity index (χ0v) is 10.7. The number of ether oxygens (including phenoxy) is 1. The van der Waals surface area contributed by atoms with Crippen LogP contribution in [0.4, 0.5) is 4.79 Å². The van der Waals surface area contributed by atoms with Gasteiger partial charge in [-0.05, 0) is 19.8 Å². The molecule has 4 heteroatoms. The lowest BCUT2D eigenvalue weighted by molar-refractivity contribution is -0.122. The van der Waals surface area contributed by atoms with E-state index in [-0.39, 0.29) is 17.7 Å². The molecule has 1 amide bonds. The summed E-state index contributed by atoms with van der Waals surface area (Å²) in [6.45, 7) is 5.59. The first-order valence-corrected chi connectivity index (χ1v) is 6.00. The van der Waals surface area contributed by atoms with Crippen molar-refractivity contribution in [2.45, 2.75) is 52.5 Å². The Kier molecular flexibility index (Phi) is 7.60. The molecule has 16 heavy (non-hydrogen) atoms. The Balaban J connectivity index is 0.00000106. The number of carbonyl (C=O) groups excluding carboxylic acids is 2. The second-order valence-electron chi connectivity index (χ2n) is 3.74. The lowest BCUT2D eigenvalue weighted by Crippen LogP contribution is -2.44. The Morgan fingerprint density at radius 2 is 1.75 bits per heavy atom. The van der Waals surface area contributed by atoms with Crippen LogP contribution in [0.3, 0.4) is 0 Å². The van der Waals surface area contributed by atoms with Crippen LogP contribution in [0.15, 0.2) is 0 Å². The van der Waals surface area contributed by atoms with E-state index in [0.717, 1.165) is 25.7 Å². The van der Waals surface area contributed by atoms with E-state index in [1.807, 2.05) is 13.8 Å². The van der Waals surface area contributed by atoms with Gasteiger partial charge in [0.05, 0.1) is 7.11 Å². The topological polar surface area (TPSA) is 55.4 Å². The molecule has 0 bridgehead atoms. The molecule has 1 saturated carbocycles. The Labute approximate surface area is 97.7 Å². The second-order valence-corrected chi connectivity index (χ2v) is 3.74. The summed E-state index contributed by atoms with van der Waals surface area (Å²) < 4.78 is 4.52. The molecule has 0 radical (unpaired) electrons. The van der Waals surface area contributed by atoms with Gasteiger partial charge in [0.15, 0.2) is 0 Å². The van der Waals surface area contributed by atoms with Gasteiger partial charge < -0.3 is 10.1 Å². The largest absolute Gasteiger partial charge is 0.453 e. The van der Waals surface area contributed by atoms with Crippen LogP contribution in [0.5, 0.6) is 0 Å². The first-order chi connectivity index (χ1) is 7.65. The van der Waals surface area contributed by atoms with Crippen molar-refractivity contribution in [1.29, 1.82) is 0 Å². The third-order valence-corrected chi connectivity index (χ3v) is 2.78. The van der Waals surface area contributed by atoms with Crippen LogP contribution < -0.4 is 5.32 Å². The predicted molar refractivity (Wildman–Crippen MR) is 63.3 cm³/mol. The molecule has 0 aliphatic heterocycles. The Morgan fingerprint density at radius 3 is 2.25 bits per heavy atom. The van der Waals surface area contributed by atoms with Gasteiger partial charge in [-0.2, -0.15) is 0 Å². The number of carbonyl (C=O) groups is 2. The van der Waals surface area contributed by atoms with Crippen molar-refractivity contribution >= 4 is 11.9 Å². The summed E-state index contributed by atoms with van der Waals surface area (Å²) in [5.74, 6) is 0.133. The molecule has 0 saturated heterocycles. The van der Waals surface area contributed by atoms with Gasteiger partial charge in [0, 0.05) is 12.0 Å². The van der Waals surface area contributed by atoms with E-state index >= 15 is 0 Å². The third-order valence-electron chi connectivity index (χ3n) is 2.78. The smallest absolute Gasteiger partial charge is 0.407 e. The molecule has 0 aromatic carbocycles. The lowest BCUT2D eigenvalue weighted by Gasteiger charge is -2.29. The van der Waals surface area contributed by atoms with E-state index in [1.165, 1.54) is 7.11 Å². The number of hydrogen-bond acceptors (Lipinski definition) is 3. The Bertz CT molecular complexity index is 228. The fourth-order valence-electron chi connectivity index (χ4n) is 2.00. The first-order valence-electron chi connectivity index (χ1n) is 6.00. The average molecular weight is 229 g/mol. The second kappa shape index (κ2) is 8.13. The molecule has 2 unspecified atom stereocenters. The molecule has 0 heterocycles. The quantitative estimate of drug-likeness (QED) is 0.791. The molecule has 0 aromatic rings. The van der Waals surface area contributed by atoms with E-state index in [2.05, 4.69) is 10.1 Å². The highest BCUT2D eigenvalue weighted by Crippen LogP contribution is 2.25. The number of rotatable bonds is 2. The average Bonchev–Trinajstić information content (AvgIpc) is 2.32.